The van der Waals surface area contributed by atoms with Gasteiger partial charge in [-0.05, 0) is 30.0 Å². The largest absolute Gasteiger partial charge is 0.322 e. The Morgan fingerprint density at radius 2 is 1.96 bits per heavy atom. The van der Waals surface area contributed by atoms with E-state index < -0.39 is 4.92 Å². The van der Waals surface area contributed by atoms with E-state index in [0.717, 1.165) is 17.5 Å². The number of nitro groups is 1. The van der Waals surface area contributed by atoms with Crippen molar-refractivity contribution in [1.29, 1.82) is 0 Å². The number of fused-ring (bicyclic) bond motifs is 1. The molecule has 3 rings (SSSR count). The molecule has 0 atom stereocenters. The molecule has 0 aliphatic carbocycles. The highest BCUT2D eigenvalue weighted by Gasteiger charge is 2.21. The van der Waals surface area contributed by atoms with Gasteiger partial charge in [-0.3, -0.25) is 10.1 Å². The Labute approximate surface area is 133 Å². The van der Waals surface area contributed by atoms with E-state index in [1.165, 1.54) is 17.7 Å². The molecule has 2 aromatic rings. The number of amides is 2. The predicted octanol–water partition coefficient (Wildman–Crippen LogP) is 3.49. The van der Waals surface area contributed by atoms with Crippen LogP contribution in [-0.2, 0) is 13.0 Å². The Balaban J connectivity index is 1.75. The van der Waals surface area contributed by atoms with Crippen LogP contribution < -0.4 is 5.32 Å². The lowest BCUT2D eigenvalue weighted by Gasteiger charge is -2.29. The Kier molecular flexibility index (Phi) is 3.97. The molecule has 0 aromatic heterocycles. The Bertz CT molecular complexity index is 773. The normalized spacial score (nSPS) is 13.3. The topological polar surface area (TPSA) is 75.5 Å². The fourth-order valence-corrected chi connectivity index (χ4v) is 2.72. The van der Waals surface area contributed by atoms with Crippen LogP contribution in [0.4, 0.5) is 16.2 Å². The molecule has 1 N–H and O–H groups in total. The summed E-state index contributed by atoms with van der Waals surface area (Å²) < 4.78 is 0. The third kappa shape index (κ3) is 3.15. The second kappa shape index (κ2) is 6.08. The van der Waals surface area contributed by atoms with Crippen LogP contribution in [0.1, 0.15) is 16.7 Å². The van der Waals surface area contributed by atoms with Crippen molar-refractivity contribution in [2.24, 2.45) is 0 Å². The van der Waals surface area contributed by atoms with Gasteiger partial charge in [0.25, 0.3) is 5.69 Å². The van der Waals surface area contributed by atoms with Gasteiger partial charge >= 0.3 is 6.03 Å². The summed E-state index contributed by atoms with van der Waals surface area (Å²) >= 11 is 0. The first-order chi connectivity index (χ1) is 11.0. The van der Waals surface area contributed by atoms with Gasteiger partial charge in [-0.25, -0.2) is 4.79 Å². The van der Waals surface area contributed by atoms with E-state index in [1.807, 2.05) is 25.1 Å². The molecule has 2 aromatic carbocycles. The Hall–Kier alpha value is -2.89. The minimum Gasteiger partial charge on any atom is -0.320 e. The van der Waals surface area contributed by atoms with E-state index in [9.17, 15) is 14.9 Å². The summed E-state index contributed by atoms with van der Waals surface area (Å²) in [5.74, 6) is 0. The lowest BCUT2D eigenvalue weighted by molar-refractivity contribution is -0.384. The number of nitrogens with one attached hydrogen (secondary N) is 1. The van der Waals surface area contributed by atoms with E-state index >= 15 is 0 Å². The molecular weight excluding hydrogens is 294 g/mol. The lowest BCUT2D eigenvalue weighted by Crippen LogP contribution is -2.39. The number of nitrogens with zero attached hydrogens (tertiary/aromatic N) is 2. The zero-order valence-electron chi connectivity index (χ0n) is 12.8. The van der Waals surface area contributed by atoms with Gasteiger partial charge in [0.15, 0.2) is 0 Å². The smallest absolute Gasteiger partial charge is 0.320 e. The SMILES string of the molecule is Cc1ccc([N+](=O)[O-])cc1NC(=O)N1CCc2ccccc2C1. The van der Waals surface area contributed by atoms with E-state index in [2.05, 4.69) is 11.4 Å². The van der Waals surface area contributed by atoms with E-state index in [1.54, 1.807) is 11.0 Å². The number of carbonyl (C=O) groups excluding carboxylic acids is 1. The Morgan fingerprint density at radius 1 is 1.22 bits per heavy atom. The third-order valence-electron chi connectivity index (χ3n) is 4.09. The standard InChI is InChI=1S/C17H17N3O3/c1-12-6-7-15(20(22)23)10-16(12)18-17(21)19-9-8-13-4-2-3-5-14(13)11-19/h2-7,10H,8-9,11H2,1H3,(H,18,21). The van der Waals surface area contributed by atoms with Gasteiger partial charge in [-0.1, -0.05) is 30.3 Å². The van der Waals surface area contributed by atoms with Crippen LogP contribution in [0.25, 0.3) is 0 Å². The maximum absolute atomic E-state index is 12.5. The van der Waals surface area contributed by atoms with Crippen molar-refractivity contribution in [3.63, 3.8) is 0 Å². The molecule has 0 saturated heterocycles. The minimum absolute atomic E-state index is 0.0325. The molecule has 1 aliphatic rings. The molecule has 6 nitrogen and oxygen atoms in total. The first-order valence-electron chi connectivity index (χ1n) is 7.42. The highest BCUT2D eigenvalue weighted by atomic mass is 16.6. The number of nitro benzene ring substituents is 1. The molecule has 1 heterocycles. The quantitative estimate of drug-likeness (QED) is 0.681. The van der Waals surface area contributed by atoms with Crippen LogP contribution in [0.3, 0.4) is 0 Å². The van der Waals surface area contributed by atoms with E-state index in [4.69, 9.17) is 0 Å². The molecule has 0 unspecified atom stereocenters. The zero-order valence-corrected chi connectivity index (χ0v) is 12.8. The average molecular weight is 311 g/mol. The summed E-state index contributed by atoms with van der Waals surface area (Å²) in [6.45, 7) is 3.00. The lowest BCUT2D eigenvalue weighted by atomic mass is 10.0. The van der Waals surface area contributed by atoms with Crippen LogP contribution in [0.2, 0.25) is 0 Å². The van der Waals surface area contributed by atoms with Gasteiger partial charge in [0, 0.05) is 25.2 Å². The maximum atomic E-state index is 12.5. The van der Waals surface area contributed by atoms with Gasteiger partial charge in [-0.2, -0.15) is 0 Å². The summed E-state index contributed by atoms with van der Waals surface area (Å²) in [4.78, 5) is 24.6. The van der Waals surface area contributed by atoms with Crippen LogP contribution in [-0.4, -0.2) is 22.4 Å². The molecule has 2 amide bonds. The van der Waals surface area contributed by atoms with Crippen molar-refractivity contribution in [1.82, 2.24) is 4.90 Å². The number of anilines is 1. The van der Waals surface area contributed by atoms with Crippen molar-refractivity contribution in [2.45, 2.75) is 19.9 Å². The van der Waals surface area contributed by atoms with E-state index in [-0.39, 0.29) is 11.7 Å². The molecule has 0 spiro atoms. The van der Waals surface area contributed by atoms with Crippen molar-refractivity contribution >= 4 is 17.4 Å². The Morgan fingerprint density at radius 3 is 2.70 bits per heavy atom. The molecular formula is C17H17N3O3. The second-order valence-electron chi connectivity index (χ2n) is 5.63. The van der Waals surface area contributed by atoms with Crippen molar-refractivity contribution in [2.75, 3.05) is 11.9 Å². The van der Waals surface area contributed by atoms with E-state index in [0.29, 0.717) is 18.8 Å². The first kappa shape index (κ1) is 15.0. The van der Waals surface area contributed by atoms with Crippen LogP contribution in [0, 0.1) is 17.0 Å². The number of rotatable bonds is 2. The number of benzene rings is 2. The molecule has 0 bridgehead atoms. The summed E-state index contributed by atoms with van der Waals surface area (Å²) in [6.07, 6.45) is 0.817. The van der Waals surface area contributed by atoms with Gasteiger partial charge < -0.3 is 10.2 Å². The summed E-state index contributed by atoms with van der Waals surface area (Å²) in [5.41, 5.74) is 3.65. The highest BCUT2D eigenvalue weighted by Crippen LogP contribution is 2.24. The second-order valence-corrected chi connectivity index (χ2v) is 5.63. The van der Waals surface area contributed by atoms with Crippen LogP contribution in [0.15, 0.2) is 42.5 Å². The van der Waals surface area contributed by atoms with Gasteiger partial charge in [0.2, 0.25) is 0 Å². The average Bonchev–Trinajstić information content (AvgIpc) is 2.56. The van der Waals surface area contributed by atoms with Gasteiger partial charge in [0.05, 0.1) is 10.6 Å². The third-order valence-corrected chi connectivity index (χ3v) is 4.09. The fraction of sp³-hybridized carbons (Fsp3) is 0.235. The zero-order chi connectivity index (χ0) is 16.4. The molecule has 1 aliphatic heterocycles. The monoisotopic (exact) mass is 311 g/mol. The fourth-order valence-electron chi connectivity index (χ4n) is 2.72. The molecule has 0 radical (unpaired) electrons. The maximum Gasteiger partial charge on any atom is 0.322 e. The van der Waals surface area contributed by atoms with Crippen molar-refractivity contribution in [3.8, 4) is 0 Å². The molecule has 0 saturated carbocycles. The number of urea groups is 1. The number of hydrogen-bond acceptors (Lipinski definition) is 3. The number of carbonyl (C=O) groups is 1. The van der Waals surface area contributed by atoms with Gasteiger partial charge in [0.1, 0.15) is 0 Å². The molecule has 6 heteroatoms. The number of non-ortho nitro benzene ring substituents is 1. The van der Waals surface area contributed by atoms with Crippen molar-refractivity contribution in [3.05, 3.63) is 69.3 Å². The molecule has 23 heavy (non-hydrogen) atoms. The molecule has 0 fully saturated rings. The van der Waals surface area contributed by atoms with Crippen molar-refractivity contribution < 1.29 is 9.72 Å². The van der Waals surface area contributed by atoms with Crippen LogP contribution in [0.5, 0.6) is 0 Å². The number of aryl methyl sites for hydroxylation is 1. The minimum atomic E-state index is -0.466. The summed E-state index contributed by atoms with van der Waals surface area (Å²) in [6, 6.07) is 12.3. The first-order valence-corrected chi connectivity index (χ1v) is 7.42. The van der Waals surface area contributed by atoms with Gasteiger partial charge in [-0.15, -0.1) is 0 Å². The molecule has 118 valence electrons. The predicted molar refractivity (Wildman–Crippen MR) is 87.4 cm³/mol. The summed E-state index contributed by atoms with van der Waals surface area (Å²) in [7, 11) is 0. The van der Waals surface area contributed by atoms with Crippen LogP contribution >= 0.6 is 0 Å². The summed E-state index contributed by atoms with van der Waals surface area (Å²) in [5, 5.41) is 13.7. The number of hydrogen-bond donors (Lipinski definition) is 1. The highest BCUT2D eigenvalue weighted by molar-refractivity contribution is 5.90.